The SMILES string of the molecule is [2H]c1c([2H])c([2H])c(-c2c([2H])c3c4c(c2[2H])Cc2c([2H])c(-c5c([2H])c([2H])c6c(c5[2H])c5c([2H])c([2H])c(C)c7c8c([2H])c([2H])c([2H])c([2H])c8n6c57)c([2H])c5c6c([2H])c([2H])c([2H])c(c6n-4c25)C3)c([2H])c1[2H]. The van der Waals surface area contributed by atoms with E-state index in [-0.39, 0.29) is 136 Å². The Hall–Kier alpha value is -5.86. The molecule has 2 aliphatic rings. The van der Waals surface area contributed by atoms with Crippen LogP contribution in [0.1, 0.15) is 56.6 Å². The molecule has 0 unspecified atom stereocenters. The molecule has 0 aliphatic carbocycles. The smallest absolute Gasteiger partial charge is 0.0645 e. The number of hydrogen-bond acceptors (Lipinski definition) is 0. The Morgan fingerprint density at radius 3 is 2.04 bits per heavy atom. The summed E-state index contributed by atoms with van der Waals surface area (Å²) in [7, 11) is 0. The van der Waals surface area contributed by atoms with E-state index in [1.54, 1.807) is 4.57 Å². The molecule has 3 aromatic heterocycles. The van der Waals surface area contributed by atoms with Gasteiger partial charge in [0, 0.05) is 45.2 Å². The van der Waals surface area contributed by atoms with Gasteiger partial charge in [0.15, 0.2) is 0 Å². The first kappa shape index (κ1) is 12.4. The van der Waals surface area contributed by atoms with Crippen LogP contribution in [0.2, 0.25) is 0 Å². The van der Waals surface area contributed by atoms with Crippen LogP contribution in [0.25, 0.3) is 87.8 Å². The van der Waals surface area contributed by atoms with Gasteiger partial charge < -0.3 is 8.97 Å². The van der Waals surface area contributed by atoms with E-state index >= 15 is 0 Å². The Labute approximate surface area is 300 Å². The van der Waals surface area contributed by atoms with Gasteiger partial charge in [0.1, 0.15) is 0 Å². The fourth-order valence-corrected chi connectivity index (χ4v) is 7.75. The Morgan fingerprint density at radius 1 is 0.468 bits per heavy atom. The number of aryl methyl sites for hydroxylation is 1. The van der Waals surface area contributed by atoms with Crippen LogP contribution in [-0.2, 0) is 12.8 Å². The molecule has 47 heavy (non-hydrogen) atoms. The number of benzene rings is 7. The third-order valence-corrected chi connectivity index (χ3v) is 9.58. The van der Waals surface area contributed by atoms with Crippen molar-refractivity contribution >= 4 is 59.9 Å². The summed E-state index contributed by atoms with van der Waals surface area (Å²) in [4.78, 5) is 0. The molecule has 5 heterocycles. The van der Waals surface area contributed by atoms with Gasteiger partial charge in [-0.2, -0.15) is 0 Å². The highest BCUT2D eigenvalue weighted by Gasteiger charge is 2.30. The number of nitrogens with zero attached hydrogens (tertiary/aromatic N) is 2. The highest BCUT2D eigenvalue weighted by molar-refractivity contribution is 6.24. The summed E-state index contributed by atoms with van der Waals surface area (Å²) in [6, 6.07) is -11.0. The average Bonchev–Trinajstić information content (AvgIpc) is 3.98. The molecule has 0 bridgehead atoms. The van der Waals surface area contributed by atoms with Crippen molar-refractivity contribution in [3.8, 4) is 27.9 Å². The maximum atomic E-state index is 9.95. The van der Waals surface area contributed by atoms with E-state index < -0.39 is 120 Å². The van der Waals surface area contributed by atoms with E-state index in [2.05, 4.69) is 0 Å². The predicted octanol–water partition coefficient (Wildman–Crippen LogP) is 11.4. The largest absolute Gasteiger partial charge is 0.308 e. The topological polar surface area (TPSA) is 9.34 Å². The van der Waals surface area contributed by atoms with Crippen LogP contribution in [0.15, 0.2) is 127 Å². The molecule has 0 atom stereocenters. The van der Waals surface area contributed by atoms with E-state index in [0.29, 0.717) is 0 Å². The van der Waals surface area contributed by atoms with Gasteiger partial charge in [-0.25, -0.2) is 0 Å². The summed E-state index contributed by atoms with van der Waals surface area (Å²) in [5.41, 5.74) is -0.181. The first-order chi connectivity index (χ1) is 32.0. The Kier molecular flexibility index (Phi) is 2.18. The van der Waals surface area contributed by atoms with E-state index in [0.717, 1.165) is 0 Å². The lowest BCUT2D eigenvalue weighted by Crippen LogP contribution is -2.15. The molecule has 0 spiro atoms. The van der Waals surface area contributed by atoms with Crippen LogP contribution in [-0.4, -0.2) is 8.97 Å². The molecule has 0 amide bonds. The summed E-state index contributed by atoms with van der Waals surface area (Å²) in [6.45, 7) is 1.53. The lowest BCUT2D eigenvalue weighted by molar-refractivity contribution is 0.976. The van der Waals surface area contributed by atoms with Crippen LogP contribution >= 0.6 is 0 Å². The molecule has 10 aromatic rings. The Balaban J connectivity index is 1.26. The van der Waals surface area contributed by atoms with Gasteiger partial charge >= 0.3 is 0 Å². The quantitative estimate of drug-likeness (QED) is 0.183. The van der Waals surface area contributed by atoms with Crippen LogP contribution in [0.3, 0.4) is 0 Å². The minimum absolute atomic E-state index is 0.00145. The number of hydrogen-bond donors (Lipinski definition) is 0. The molecular weight excluding hydrogens is 569 g/mol. The van der Waals surface area contributed by atoms with Crippen molar-refractivity contribution in [1.29, 1.82) is 0 Å². The summed E-state index contributed by atoms with van der Waals surface area (Å²) in [5.74, 6) is 0. The van der Waals surface area contributed by atoms with Crippen molar-refractivity contribution in [3.63, 3.8) is 0 Å². The number of fused-ring (bicyclic) bond motifs is 7. The zero-order valence-electron chi connectivity index (χ0n) is 45.3. The lowest BCUT2D eigenvalue weighted by Gasteiger charge is -2.29. The maximum Gasteiger partial charge on any atom is 0.0645 e. The minimum atomic E-state index is -0.694. The predicted molar refractivity (Wildman–Crippen MR) is 197 cm³/mol. The van der Waals surface area contributed by atoms with Crippen LogP contribution < -0.4 is 0 Å². The second kappa shape index (κ2) is 8.29. The minimum Gasteiger partial charge on any atom is -0.308 e. The molecule has 2 nitrogen and oxygen atoms in total. The highest BCUT2D eigenvalue weighted by atomic mass is 15.0. The lowest BCUT2D eigenvalue weighted by atomic mass is 9.87. The second-order valence-corrected chi connectivity index (χ2v) is 12.0. The van der Waals surface area contributed by atoms with Crippen LogP contribution in [0.5, 0.6) is 0 Å². The van der Waals surface area contributed by atoms with E-state index in [9.17, 15) is 12.3 Å². The normalized spacial score (nSPS) is 19.7. The molecule has 0 saturated heterocycles. The molecule has 218 valence electrons. The summed E-state index contributed by atoms with van der Waals surface area (Å²) < 4.78 is 194. The van der Waals surface area contributed by atoms with Crippen LogP contribution in [0, 0.1) is 6.92 Å². The van der Waals surface area contributed by atoms with E-state index in [1.807, 2.05) is 0 Å². The summed E-state index contributed by atoms with van der Waals surface area (Å²) >= 11 is 0. The zero-order chi connectivity index (χ0) is 48.8. The highest BCUT2D eigenvalue weighted by Crippen LogP contribution is 2.48. The third kappa shape index (κ3) is 2.93. The monoisotopic (exact) mass is 617 g/mol. The fraction of sp³-hybridized carbons (Fsp3) is 0.0667. The van der Waals surface area contributed by atoms with E-state index in [4.69, 9.17) is 16.4 Å². The molecule has 2 aliphatic heterocycles. The van der Waals surface area contributed by atoms with Gasteiger partial charge in [0.2, 0.25) is 0 Å². The van der Waals surface area contributed by atoms with Crippen molar-refractivity contribution in [2.45, 2.75) is 19.8 Å². The zero-order valence-corrected chi connectivity index (χ0v) is 24.3. The molecule has 12 rings (SSSR count). The number of para-hydroxylation sites is 2. The van der Waals surface area contributed by atoms with Crippen molar-refractivity contribution in [1.82, 2.24) is 8.97 Å². The molecular formula is C45H28N2. The molecule has 0 radical (unpaired) electrons. The second-order valence-electron chi connectivity index (χ2n) is 12.0. The first-order valence-corrected chi connectivity index (χ1v) is 15.0. The van der Waals surface area contributed by atoms with Gasteiger partial charge in [0.05, 0.1) is 62.1 Å². The van der Waals surface area contributed by atoms with Gasteiger partial charge in [-0.05, 0) is 99.3 Å². The number of aromatic nitrogens is 2. The van der Waals surface area contributed by atoms with E-state index in [1.165, 1.54) is 11.3 Å². The van der Waals surface area contributed by atoms with Gasteiger partial charge in [-0.1, -0.05) is 84.6 Å². The Morgan fingerprint density at radius 2 is 1.15 bits per heavy atom. The maximum absolute atomic E-state index is 9.95. The Bertz CT molecular complexity index is 4190. The van der Waals surface area contributed by atoms with Crippen molar-refractivity contribution in [2.75, 3.05) is 0 Å². The molecule has 2 heteroatoms. The van der Waals surface area contributed by atoms with Crippen molar-refractivity contribution < 1.29 is 28.8 Å². The standard InChI is InChI=1S/C45H28N2/c1-25-14-16-35-37-23-27(15-17-40(37)46-39-13-6-5-11-36(39)41(25)45(35)46)30-21-33-22-32-20-29(26-8-3-2-4-9-26)19-31-18-28-10-7-12-34-38(24-30)44(33)47(42(31)32)43(28)34/h2-17,19-21,23-24H,18,22H2,1H3/i2D,3D,4D,5D,6D,7D,8D,9D,10D,11D,12D,13D,14D,15D,16D,17D,19D,20D,21D,23D,24D. The molecule has 7 aromatic carbocycles. The summed E-state index contributed by atoms with van der Waals surface area (Å²) in [5, 5.41) is 0.0346. The molecule has 0 N–H and O–H groups in total. The van der Waals surface area contributed by atoms with Gasteiger partial charge in [-0.15, -0.1) is 0 Å². The van der Waals surface area contributed by atoms with Crippen molar-refractivity contribution in [3.05, 3.63) is 155 Å². The molecule has 0 fully saturated rings. The summed E-state index contributed by atoms with van der Waals surface area (Å²) in [6.07, 6.45) is -0.519. The van der Waals surface area contributed by atoms with Gasteiger partial charge in [0.25, 0.3) is 0 Å². The van der Waals surface area contributed by atoms with Gasteiger partial charge in [-0.3, -0.25) is 0 Å². The first-order valence-electron chi connectivity index (χ1n) is 25.5. The van der Waals surface area contributed by atoms with Crippen molar-refractivity contribution in [2.24, 2.45) is 0 Å². The number of rotatable bonds is 2. The molecule has 0 saturated carbocycles. The third-order valence-electron chi connectivity index (χ3n) is 9.58. The van der Waals surface area contributed by atoms with Crippen LogP contribution in [0.4, 0.5) is 0 Å². The fourth-order valence-electron chi connectivity index (χ4n) is 7.75. The average molecular weight is 618 g/mol.